The van der Waals surface area contributed by atoms with Crippen molar-refractivity contribution in [2.24, 2.45) is 0 Å². The van der Waals surface area contributed by atoms with Gasteiger partial charge < -0.3 is 4.98 Å². The number of nitrogens with zero attached hydrogens (tertiary/aromatic N) is 1. The van der Waals surface area contributed by atoms with Gasteiger partial charge in [0.15, 0.2) is 0 Å². The predicted octanol–water partition coefficient (Wildman–Crippen LogP) is 3.93. The van der Waals surface area contributed by atoms with E-state index in [0.717, 1.165) is 55.3 Å². The molecule has 1 atom stereocenters. The Hall–Kier alpha value is -2.10. The smallest absolute Gasteiger partial charge is 0.306 e. The second-order valence-corrected chi connectivity index (χ2v) is 7.90. The molecule has 1 fully saturated rings. The van der Waals surface area contributed by atoms with Crippen LogP contribution in [0.1, 0.15) is 69.5 Å². The van der Waals surface area contributed by atoms with Crippen LogP contribution in [0.2, 0.25) is 0 Å². The molecule has 1 heterocycles. The van der Waals surface area contributed by atoms with Gasteiger partial charge >= 0.3 is 5.69 Å². The van der Waals surface area contributed by atoms with Crippen LogP contribution in [0.3, 0.4) is 0 Å². The SMILES string of the molecule is CC[C@]1(C)Cc2ccccc2-c2[nH]c(=O)n(C3CCCCC3)c(=O)c21. The Labute approximate surface area is 147 Å². The first-order valence-electron chi connectivity index (χ1n) is 9.53. The first-order chi connectivity index (χ1) is 12.0. The number of hydrogen-bond acceptors (Lipinski definition) is 2. The second-order valence-electron chi connectivity index (χ2n) is 7.90. The summed E-state index contributed by atoms with van der Waals surface area (Å²) in [6, 6.07) is 8.18. The molecule has 132 valence electrons. The molecule has 0 aliphatic heterocycles. The Morgan fingerprint density at radius 2 is 1.88 bits per heavy atom. The summed E-state index contributed by atoms with van der Waals surface area (Å²) >= 11 is 0. The maximum atomic E-state index is 13.5. The van der Waals surface area contributed by atoms with Gasteiger partial charge in [0, 0.05) is 22.6 Å². The summed E-state index contributed by atoms with van der Waals surface area (Å²) in [5, 5.41) is 0. The topological polar surface area (TPSA) is 54.9 Å². The minimum atomic E-state index is -0.245. The lowest BCUT2D eigenvalue weighted by molar-refractivity contribution is 0.329. The van der Waals surface area contributed by atoms with E-state index in [1.807, 2.05) is 18.2 Å². The van der Waals surface area contributed by atoms with Crippen LogP contribution in [0.15, 0.2) is 33.9 Å². The molecular weight excluding hydrogens is 312 g/mol. The molecule has 2 aromatic rings. The molecule has 0 spiro atoms. The minimum Gasteiger partial charge on any atom is -0.306 e. The van der Waals surface area contributed by atoms with Gasteiger partial charge in [-0.3, -0.25) is 9.36 Å². The van der Waals surface area contributed by atoms with Gasteiger partial charge in [-0.15, -0.1) is 0 Å². The molecule has 1 saturated carbocycles. The molecule has 4 rings (SSSR count). The Kier molecular flexibility index (Phi) is 3.94. The van der Waals surface area contributed by atoms with Crippen molar-refractivity contribution in [3.63, 3.8) is 0 Å². The zero-order valence-corrected chi connectivity index (χ0v) is 15.1. The number of hydrogen-bond donors (Lipinski definition) is 1. The molecule has 4 heteroatoms. The van der Waals surface area contributed by atoms with E-state index in [0.29, 0.717) is 0 Å². The van der Waals surface area contributed by atoms with Crippen LogP contribution in [0.25, 0.3) is 11.3 Å². The molecule has 2 aliphatic rings. The van der Waals surface area contributed by atoms with Gasteiger partial charge in [0.2, 0.25) is 0 Å². The average molecular weight is 338 g/mol. The van der Waals surface area contributed by atoms with E-state index in [1.54, 1.807) is 0 Å². The Morgan fingerprint density at radius 1 is 1.16 bits per heavy atom. The molecule has 1 aromatic carbocycles. The highest BCUT2D eigenvalue weighted by Gasteiger charge is 2.38. The van der Waals surface area contributed by atoms with Crippen molar-refractivity contribution in [2.45, 2.75) is 70.3 Å². The molecule has 0 radical (unpaired) electrons. The highest BCUT2D eigenvalue weighted by molar-refractivity contribution is 5.71. The monoisotopic (exact) mass is 338 g/mol. The molecule has 4 nitrogen and oxygen atoms in total. The quantitative estimate of drug-likeness (QED) is 0.902. The summed E-state index contributed by atoms with van der Waals surface area (Å²) < 4.78 is 1.53. The largest absolute Gasteiger partial charge is 0.329 e. The van der Waals surface area contributed by atoms with E-state index in [-0.39, 0.29) is 22.7 Å². The standard InChI is InChI=1S/C21H26N2O2/c1-3-21(2)13-14-9-7-8-12-16(14)18-17(21)19(24)23(20(25)22-18)15-10-5-4-6-11-15/h7-9,12,15H,3-6,10-11,13H2,1-2H3,(H,22,25)/t21-/m1/s1. The van der Waals surface area contributed by atoms with Gasteiger partial charge in [0.05, 0.1) is 5.69 Å². The molecular formula is C21H26N2O2. The lowest BCUT2D eigenvalue weighted by Gasteiger charge is -2.36. The fourth-order valence-electron chi connectivity index (χ4n) is 4.71. The molecule has 0 saturated heterocycles. The van der Waals surface area contributed by atoms with Crippen molar-refractivity contribution in [3.05, 3.63) is 56.2 Å². The molecule has 0 amide bonds. The van der Waals surface area contributed by atoms with Gasteiger partial charge in [-0.05, 0) is 31.2 Å². The molecule has 2 aliphatic carbocycles. The van der Waals surface area contributed by atoms with Crippen molar-refractivity contribution in [3.8, 4) is 11.3 Å². The van der Waals surface area contributed by atoms with E-state index in [1.165, 1.54) is 16.6 Å². The zero-order valence-electron chi connectivity index (χ0n) is 15.1. The maximum absolute atomic E-state index is 13.5. The third-order valence-electron chi connectivity index (χ3n) is 6.32. The van der Waals surface area contributed by atoms with E-state index >= 15 is 0 Å². The second kappa shape index (κ2) is 6.01. The normalized spacial score (nSPS) is 23.1. The van der Waals surface area contributed by atoms with E-state index < -0.39 is 0 Å². The summed E-state index contributed by atoms with van der Waals surface area (Å²) in [7, 11) is 0. The summed E-state index contributed by atoms with van der Waals surface area (Å²) in [6.07, 6.45) is 6.98. The highest BCUT2D eigenvalue weighted by Crippen LogP contribution is 2.42. The maximum Gasteiger partial charge on any atom is 0.329 e. The number of benzene rings is 1. The van der Waals surface area contributed by atoms with Gasteiger partial charge in [-0.1, -0.05) is 57.4 Å². The van der Waals surface area contributed by atoms with E-state index in [9.17, 15) is 9.59 Å². The summed E-state index contributed by atoms with van der Waals surface area (Å²) in [5.74, 6) is 0. The van der Waals surface area contributed by atoms with Crippen LogP contribution in [0.5, 0.6) is 0 Å². The van der Waals surface area contributed by atoms with Crippen LogP contribution in [-0.2, 0) is 11.8 Å². The fraction of sp³-hybridized carbons (Fsp3) is 0.524. The molecule has 0 unspecified atom stereocenters. The number of aromatic nitrogens is 2. The molecule has 25 heavy (non-hydrogen) atoms. The number of fused-ring (bicyclic) bond motifs is 3. The van der Waals surface area contributed by atoms with Crippen LogP contribution in [0.4, 0.5) is 0 Å². The summed E-state index contributed by atoms with van der Waals surface area (Å²) in [6.45, 7) is 4.29. The van der Waals surface area contributed by atoms with Crippen molar-refractivity contribution in [2.75, 3.05) is 0 Å². The van der Waals surface area contributed by atoms with Gasteiger partial charge in [-0.25, -0.2) is 4.79 Å². The van der Waals surface area contributed by atoms with Crippen molar-refractivity contribution in [1.82, 2.24) is 9.55 Å². The lowest BCUT2D eigenvalue weighted by atomic mass is 9.69. The Morgan fingerprint density at radius 3 is 2.60 bits per heavy atom. The number of aromatic amines is 1. The van der Waals surface area contributed by atoms with Crippen molar-refractivity contribution >= 4 is 0 Å². The minimum absolute atomic E-state index is 0.0496. The molecule has 0 bridgehead atoms. The summed E-state index contributed by atoms with van der Waals surface area (Å²) in [5.41, 5.74) is 3.22. The van der Waals surface area contributed by atoms with Gasteiger partial charge in [-0.2, -0.15) is 0 Å². The van der Waals surface area contributed by atoms with E-state index in [4.69, 9.17) is 0 Å². The first kappa shape index (κ1) is 16.4. The van der Waals surface area contributed by atoms with Crippen molar-refractivity contribution < 1.29 is 0 Å². The predicted molar refractivity (Wildman–Crippen MR) is 100 cm³/mol. The van der Waals surface area contributed by atoms with Gasteiger partial charge in [0.25, 0.3) is 5.56 Å². The highest BCUT2D eigenvalue weighted by atomic mass is 16.2. The third-order valence-corrected chi connectivity index (χ3v) is 6.32. The van der Waals surface area contributed by atoms with Crippen LogP contribution in [-0.4, -0.2) is 9.55 Å². The van der Waals surface area contributed by atoms with E-state index in [2.05, 4.69) is 24.9 Å². The Balaban J connectivity index is 2.00. The summed E-state index contributed by atoms with van der Waals surface area (Å²) in [4.78, 5) is 29.4. The number of H-pyrrole nitrogens is 1. The van der Waals surface area contributed by atoms with Gasteiger partial charge in [0.1, 0.15) is 0 Å². The third kappa shape index (κ3) is 2.50. The average Bonchev–Trinajstić information content (AvgIpc) is 2.62. The number of nitrogens with one attached hydrogen (secondary N) is 1. The Bertz CT molecular complexity index is 918. The van der Waals surface area contributed by atoms with Crippen LogP contribution in [0, 0.1) is 0 Å². The molecule has 1 N–H and O–H groups in total. The number of rotatable bonds is 2. The fourth-order valence-corrected chi connectivity index (χ4v) is 4.71. The van der Waals surface area contributed by atoms with Crippen LogP contribution >= 0.6 is 0 Å². The molecule has 1 aromatic heterocycles. The lowest BCUT2D eigenvalue weighted by Crippen LogP contribution is -2.46. The first-order valence-corrected chi connectivity index (χ1v) is 9.53. The van der Waals surface area contributed by atoms with Crippen molar-refractivity contribution in [1.29, 1.82) is 0 Å². The zero-order chi connectivity index (χ0) is 17.6. The van der Waals surface area contributed by atoms with Crippen LogP contribution < -0.4 is 11.2 Å².